The van der Waals surface area contributed by atoms with Crippen molar-refractivity contribution in [2.24, 2.45) is 0 Å². The second-order valence-corrected chi connectivity index (χ2v) is 5.15. The predicted molar refractivity (Wildman–Crippen MR) is 75.5 cm³/mol. The van der Waals surface area contributed by atoms with Gasteiger partial charge in [0.1, 0.15) is 11.3 Å². The molecular formula is C15H17N3O3. The van der Waals surface area contributed by atoms with E-state index < -0.39 is 11.6 Å². The minimum Gasteiger partial charge on any atom is -0.496 e. The average Bonchev–Trinajstić information content (AvgIpc) is 2.71. The number of benzene rings is 1. The molecule has 0 aliphatic carbocycles. The standard InChI is InChI=1S/C15H17N3O3/c1-4-15(2)13(19)18(14(20)17-15)9-11-7-10(8-16)5-6-12(11)21-3/h5-7H,4,9H2,1-3H3,(H,17,20). The zero-order valence-electron chi connectivity index (χ0n) is 12.3. The molecule has 0 bridgehead atoms. The molecule has 6 heteroatoms. The summed E-state index contributed by atoms with van der Waals surface area (Å²) in [5.74, 6) is 0.277. The van der Waals surface area contributed by atoms with E-state index in [1.807, 2.05) is 13.0 Å². The third kappa shape index (κ3) is 2.55. The van der Waals surface area contributed by atoms with Crippen LogP contribution < -0.4 is 10.1 Å². The number of methoxy groups -OCH3 is 1. The van der Waals surface area contributed by atoms with Gasteiger partial charge in [0.15, 0.2) is 0 Å². The van der Waals surface area contributed by atoms with Crippen molar-refractivity contribution in [3.8, 4) is 11.8 Å². The number of amides is 3. The van der Waals surface area contributed by atoms with Gasteiger partial charge in [-0.15, -0.1) is 0 Å². The normalized spacial score (nSPS) is 21.1. The summed E-state index contributed by atoms with van der Waals surface area (Å²) in [7, 11) is 1.51. The van der Waals surface area contributed by atoms with Gasteiger partial charge in [-0.3, -0.25) is 9.69 Å². The van der Waals surface area contributed by atoms with Crippen molar-refractivity contribution >= 4 is 11.9 Å². The minimum absolute atomic E-state index is 0.0823. The zero-order valence-corrected chi connectivity index (χ0v) is 12.3. The molecule has 1 saturated heterocycles. The van der Waals surface area contributed by atoms with Crippen LogP contribution >= 0.6 is 0 Å². The lowest BCUT2D eigenvalue weighted by atomic mass is 9.99. The Hall–Kier alpha value is -2.55. The minimum atomic E-state index is -0.864. The van der Waals surface area contributed by atoms with Crippen molar-refractivity contribution in [1.29, 1.82) is 5.26 Å². The van der Waals surface area contributed by atoms with Gasteiger partial charge in [-0.25, -0.2) is 4.79 Å². The van der Waals surface area contributed by atoms with E-state index in [2.05, 4.69) is 5.32 Å². The van der Waals surface area contributed by atoms with Crippen molar-refractivity contribution in [3.05, 3.63) is 29.3 Å². The molecule has 1 aliphatic rings. The first kappa shape index (κ1) is 14.9. The Labute approximate surface area is 123 Å². The first-order valence-corrected chi connectivity index (χ1v) is 6.66. The van der Waals surface area contributed by atoms with Crippen LogP contribution in [0.1, 0.15) is 31.4 Å². The van der Waals surface area contributed by atoms with Crippen LogP contribution in [0, 0.1) is 11.3 Å². The summed E-state index contributed by atoms with van der Waals surface area (Å²) in [4.78, 5) is 25.5. The molecule has 1 atom stereocenters. The van der Waals surface area contributed by atoms with E-state index in [1.54, 1.807) is 25.1 Å². The van der Waals surface area contributed by atoms with Gasteiger partial charge in [-0.2, -0.15) is 5.26 Å². The maximum absolute atomic E-state index is 12.4. The highest BCUT2D eigenvalue weighted by molar-refractivity contribution is 6.06. The summed E-state index contributed by atoms with van der Waals surface area (Å²) in [5.41, 5.74) is 0.216. The van der Waals surface area contributed by atoms with E-state index in [9.17, 15) is 9.59 Å². The van der Waals surface area contributed by atoms with Crippen LogP contribution in [0.15, 0.2) is 18.2 Å². The van der Waals surface area contributed by atoms with Crippen LogP contribution in [0.3, 0.4) is 0 Å². The molecule has 0 aromatic heterocycles. The van der Waals surface area contributed by atoms with E-state index >= 15 is 0 Å². The van der Waals surface area contributed by atoms with Gasteiger partial charge in [0.05, 0.1) is 25.3 Å². The summed E-state index contributed by atoms with van der Waals surface area (Å²) in [5, 5.41) is 11.7. The number of nitriles is 1. The lowest BCUT2D eigenvalue weighted by molar-refractivity contribution is -0.131. The Morgan fingerprint density at radius 3 is 2.67 bits per heavy atom. The molecule has 3 amide bonds. The fourth-order valence-corrected chi connectivity index (χ4v) is 2.27. The highest BCUT2D eigenvalue weighted by Crippen LogP contribution is 2.26. The van der Waals surface area contributed by atoms with Crippen molar-refractivity contribution < 1.29 is 14.3 Å². The number of carbonyl (C=O) groups excluding carboxylic acids is 2. The number of hydrogen-bond acceptors (Lipinski definition) is 4. The number of rotatable bonds is 4. The Kier molecular flexibility index (Phi) is 3.85. The quantitative estimate of drug-likeness (QED) is 0.856. The molecule has 6 nitrogen and oxygen atoms in total. The van der Waals surface area contributed by atoms with Gasteiger partial charge in [0.2, 0.25) is 0 Å². The van der Waals surface area contributed by atoms with Crippen LogP contribution in [0.2, 0.25) is 0 Å². The van der Waals surface area contributed by atoms with Crippen LogP contribution in [-0.2, 0) is 11.3 Å². The lowest BCUT2D eigenvalue weighted by Gasteiger charge is -2.20. The smallest absolute Gasteiger partial charge is 0.325 e. The average molecular weight is 287 g/mol. The van der Waals surface area contributed by atoms with Gasteiger partial charge >= 0.3 is 6.03 Å². The van der Waals surface area contributed by atoms with E-state index in [4.69, 9.17) is 10.00 Å². The summed E-state index contributed by atoms with van der Waals surface area (Å²) < 4.78 is 5.22. The maximum atomic E-state index is 12.4. The monoisotopic (exact) mass is 287 g/mol. The molecule has 1 unspecified atom stereocenters. The molecule has 1 heterocycles. The van der Waals surface area contributed by atoms with Gasteiger partial charge in [-0.1, -0.05) is 6.92 Å². The lowest BCUT2D eigenvalue weighted by Crippen LogP contribution is -2.43. The second-order valence-electron chi connectivity index (χ2n) is 5.15. The van der Waals surface area contributed by atoms with Gasteiger partial charge in [0.25, 0.3) is 5.91 Å². The summed E-state index contributed by atoms with van der Waals surface area (Å²) >= 11 is 0. The van der Waals surface area contributed by atoms with Gasteiger partial charge < -0.3 is 10.1 Å². The van der Waals surface area contributed by atoms with E-state index in [0.717, 1.165) is 4.90 Å². The number of ether oxygens (including phenoxy) is 1. The molecule has 1 aliphatic heterocycles. The van der Waals surface area contributed by atoms with Crippen molar-refractivity contribution in [3.63, 3.8) is 0 Å². The Balaban J connectivity index is 2.32. The number of nitrogens with zero attached hydrogens (tertiary/aromatic N) is 2. The van der Waals surface area contributed by atoms with Crippen LogP contribution in [0.5, 0.6) is 5.75 Å². The zero-order chi connectivity index (χ0) is 15.6. The molecule has 1 fully saturated rings. The molecule has 1 aromatic carbocycles. The number of carbonyl (C=O) groups is 2. The SMILES string of the molecule is CCC1(C)NC(=O)N(Cc2cc(C#N)ccc2OC)C1=O. The molecular weight excluding hydrogens is 270 g/mol. The van der Waals surface area contributed by atoms with Crippen LogP contribution in [0.25, 0.3) is 0 Å². The maximum Gasteiger partial charge on any atom is 0.325 e. The Morgan fingerprint density at radius 1 is 1.43 bits per heavy atom. The first-order valence-electron chi connectivity index (χ1n) is 6.66. The van der Waals surface area contributed by atoms with Crippen LogP contribution in [-0.4, -0.2) is 29.5 Å². The second kappa shape index (κ2) is 5.44. The third-order valence-corrected chi connectivity index (χ3v) is 3.79. The van der Waals surface area contributed by atoms with Crippen molar-refractivity contribution in [2.75, 3.05) is 7.11 Å². The fraction of sp³-hybridized carbons (Fsp3) is 0.400. The molecule has 0 spiro atoms. The number of imide groups is 1. The molecule has 21 heavy (non-hydrogen) atoms. The van der Waals surface area contributed by atoms with Gasteiger partial charge in [0, 0.05) is 5.56 Å². The molecule has 2 rings (SSSR count). The number of hydrogen-bond donors (Lipinski definition) is 1. The van der Waals surface area contributed by atoms with Crippen LogP contribution in [0.4, 0.5) is 4.79 Å². The fourth-order valence-electron chi connectivity index (χ4n) is 2.27. The van der Waals surface area contributed by atoms with Crippen molar-refractivity contribution in [2.45, 2.75) is 32.4 Å². The van der Waals surface area contributed by atoms with E-state index in [1.165, 1.54) is 7.11 Å². The van der Waals surface area contributed by atoms with Crippen molar-refractivity contribution in [1.82, 2.24) is 10.2 Å². The largest absolute Gasteiger partial charge is 0.496 e. The molecule has 1 N–H and O–H groups in total. The van der Waals surface area contributed by atoms with E-state index in [0.29, 0.717) is 23.3 Å². The first-order chi connectivity index (χ1) is 9.95. The summed E-state index contributed by atoms with van der Waals surface area (Å²) in [6, 6.07) is 6.52. The molecule has 1 aromatic rings. The molecule has 110 valence electrons. The number of nitrogens with one attached hydrogen (secondary N) is 1. The van der Waals surface area contributed by atoms with Gasteiger partial charge in [-0.05, 0) is 31.5 Å². The predicted octanol–water partition coefficient (Wildman–Crippen LogP) is 1.79. The highest BCUT2D eigenvalue weighted by Gasteiger charge is 2.46. The van der Waals surface area contributed by atoms with E-state index in [-0.39, 0.29) is 12.5 Å². The topological polar surface area (TPSA) is 82.4 Å². The summed E-state index contributed by atoms with van der Waals surface area (Å²) in [6.07, 6.45) is 0.517. The summed E-state index contributed by atoms with van der Waals surface area (Å²) in [6.45, 7) is 3.63. The molecule has 0 saturated carbocycles. The Morgan fingerprint density at radius 2 is 2.14 bits per heavy atom. The third-order valence-electron chi connectivity index (χ3n) is 3.79. The Bertz CT molecular complexity index is 636. The molecule has 0 radical (unpaired) electrons. The number of urea groups is 1. The highest BCUT2D eigenvalue weighted by atomic mass is 16.5.